The highest BCUT2D eigenvalue weighted by Gasteiger charge is 2.34. The van der Waals surface area contributed by atoms with Gasteiger partial charge in [-0.15, -0.1) is 0 Å². The number of fused-ring (bicyclic) bond motifs is 1. The number of rotatable bonds is 2. The molecule has 0 spiro atoms. The van der Waals surface area contributed by atoms with Gasteiger partial charge in [-0.1, -0.05) is 12.1 Å². The van der Waals surface area contributed by atoms with Crippen molar-refractivity contribution < 1.29 is 19.5 Å². The van der Waals surface area contributed by atoms with E-state index in [1.165, 1.54) is 18.0 Å². The van der Waals surface area contributed by atoms with Gasteiger partial charge >= 0.3 is 5.97 Å². The second-order valence-electron chi connectivity index (χ2n) is 3.61. The summed E-state index contributed by atoms with van der Waals surface area (Å²) in [7, 11) is 1.51. The van der Waals surface area contributed by atoms with E-state index in [-0.39, 0.29) is 5.56 Å². The molecule has 0 saturated carbocycles. The van der Waals surface area contributed by atoms with Crippen molar-refractivity contribution in [1.82, 2.24) is 0 Å². The van der Waals surface area contributed by atoms with Crippen molar-refractivity contribution in [2.24, 2.45) is 0 Å². The third-order valence-electron chi connectivity index (χ3n) is 2.57. The lowest BCUT2D eigenvalue weighted by molar-refractivity contribution is -0.131. The van der Waals surface area contributed by atoms with Gasteiger partial charge in [0, 0.05) is 13.1 Å². The molecule has 0 fully saturated rings. The molecule has 0 atom stereocenters. The van der Waals surface area contributed by atoms with Crippen LogP contribution in [0.5, 0.6) is 0 Å². The number of hydrogen-bond donors (Lipinski definition) is 1. The first kappa shape index (κ1) is 11.1. The fourth-order valence-corrected chi connectivity index (χ4v) is 1.75. The standard InChI is InChI=1S/C12H9NO4/c1-13-8-4-2-3-7(5-6-9(14)15)10(8)11(16)12(13)17/h2-6H,1H3,(H,14,15). The lowest BCUT2D eigenvalue weighted by atomic mass is 10.0. The van der Waals surface area contributed by atoms with E-state index in [9.17, 15) is 14.4 Å². The van der Waals surface area contributed by atoms with Crippen molar-refractivity contribution in [3.8, 4) is 0 Å². The van der Waals surface area contributed by atoms with Gasteiger partial charge in [-0.2, -0.15) is 0 Å². The molecule has 2 rings (SSSR count). The molecule has 1 amide bonds. The van der Waals surface area contributed by atoms with Crippen LogP contribution in [0.3, 0.4) is 0 Å². The molecule has 0 bridgehead atoms. The summed E-state index contributed by atoms with van der Waals surface area (Å²) in [4.78, 5) is 34.9. The molecule has 17 heavy (non-hydrogen) atoms. The zero-order valence-electron chi connectivity index (χ0n) is 9.01. The Hall–Kier alpha value is -2.43. The predicted molar refractivity (Wildman–Crippen MR) is 60.9 cm³/mol. The van der Waals surface area contributed by atoms with Gasteiger partial charge in [0.15, 0.2) is 0 Å². The molecule has 5 heteroatoms. The maximum absolute atomic E-state index is 11.7. The van der Waals surface area contributed by atoms with Gasteiger partial charge < -0.3 is 10.0 Å². The van der Waals surface area contributed by atoms with Crippen molar-refractivity contribution in [3.05, 3.63) is 35.4 Å². The quantitative estimate of drug-likeness (QED) is 0.607. The maximum atomic E-state index is 11.7. The van der Waals surface area contributed by atoms with E-state index in [4.69, 9.17) is 5.11 Å². The van der Waals surface area contributed by atoms with Crippen LogP contribution in [0.25, 0.3) is 6.08 Å². The van der Waals surface area contributed by atoms with E-state index in [2.05, 4.69) is 0 Å². The van der Waals surface area contributed by atoms with Crippen LogP contribution in [0, 0.1) is 0 Å². The molecular weight excluding hydrogens is 222 g/mol. The number of amides is 1. The topological polar surface area (TPSA) is 74.7 Å². The van der Waals surface area contributed by atoms with Gasteiger partial charge in [0.25, 0.3) is 11.7 Å². The second kappa shape index (κ2) is 3.86. The Morgan fingerprint density at radius 3 is 2.71 bits per heavy atom. The summed E-state index contributed by atoms with van der Waals surface area (Å²) in [6.45, 7) is 0. The number of carboxylic acids is 1. The molecule has 1 heterocycles. The van der Waals surface area contributed by atoms with Gasteiger partial charge in [-0.25, -0.2) is 4.79 Å². The van der Waals surface area contributed by atoms with Crippen LogP contribution >= 0.6 is 0 Å². The summed E-state index contributed by atoms with van der Waals surface area (Å²) >= 11 is 0. The van der Waals surface area contributed by atoms with Gasteiger partial charge in [-0.05, 0) is 17.7 Å². The Kier molecular flexibility index (Phi) is 2.51. The molecule has 0 unspecified atom stereocenters. The van der Waals surface area contributed by atoms with Gasteiger partial charge in [-0.3, -0.25) is 9.59 Å². The minimum atomic E-state index is -1.10. The molecule has 1 N–H and O–H groups in total. The lowest BCUT2D eigenvalue weighted by Gasteiger charge is -2.08. The van der Waals surface area contributed by atoms with Crippen LogP contribution in [-0.2, 0) is 9.59 Å². The number of ketones is 1. The number of anilines is 1. The molecular formula is C12H9NO4. The first-order valence-corrected chi connectivity index (χ1v) is 4.89. The van der Waals surface area contributed by atoms with Gasteiger partial charge in [0.2, 0.25) is 0 Å². The summed E-state index contributed by atoms with van der Waals surface area (Å²) in [5.41, 5.74) is 1.21. The number of carbonyl (C=O) groups excluding carboxylic acids is 2. The number of aliphatic carboxylic acids is 1. The smallest absolute Gasteiger partial charge is 0.328 e. The van der Waals surface area contributed by atoms with E-state index in [1.807, 2.05) is 0 Å². The van der Waals surface area contributed by atoms with Crippen molar-refractivity contribution >= 4 is 29.4 Å². The number of benzene rings is 1. The molecule has 1 aliphatic rings. The summed E-state index contributed by atoms with van der Waals surface area (Å²) in [5, 5.41) is 8.54. The van der Waals surface area contributed by atoms with Crippen molar-refractivity contribution in [1.29, 1.82) is 0 Å². The van der Waals surface area contributed by atoms with Crippen LogP contribution in [0.2, 0.25) is 0 Å². The molecule has 1 aliphatic heterocycles. The summed E-state index contributed by atoms with van der Waals surface area (Å²) in [5.74, 6) is -2.31. The zero-order valence-corrected chi connectivity index (χ0v) is 9.01. The Bertz CT molecular complexity index is 560. The molecule has 1 aromatic carbocycles. The Balaban J connectivity index is 2.56. The van der Waals surface area contributed by atoms with E-state index in [0.29, 0.717) is 11.3 Å². The van der Waals surface area contributed by atoms with Crippen LogP contribution in [-0.4, -0.2) is 29.8 Å². The van der Waals surface area contributed by atoms with E-state index in [0.717, 1.165) is 6.08 Å². The molecule has 0 radical (unpaired) electrons. The third-order valence-corrected chi connectivity index (χ3v) is 2.57. The van der Waals surface area contributed by atoms with Crippen molar-refractivity contribution in [2.45, 2.75) is 0 Å². The number of Topliss-reactive ketones (excluding diaryl/α,β-unsaturated/α-hetero) is 1. The summed E-state index contributed by atoms with van der Waals surface area (Å²) < 4.78 is 0. The average Bonchev–Trinajstić information content (AvgIpc) is 2.52. The predicted octanol–water partition coefficient (Wildman–Crippen LogP) is 0.944. The van der Waals surface area contributed by atoms with E-state index >= 15 is 0 Å². The van der Waals surface area contributed by atoms with E-state index < -0.39 is 17.7 Å². The minimum absolute atomic E-state index is 0.262. The summed E-state index contributed by atoms with van der Waals surface area (Å²) in [6.07, 6.45) is 2.25. The number of carbonyl (C=O) groups is 3. The highest BCUT2D eigenvalue weighted by molar-refractivity contribution is 6.52. The molecule has 5 nitrogen and oxygen atoms in total. The van der Waals surface area contributed by atoms with Crippen molar-refractivity contribution in [3.63, 3.8) is 0 Å². The zero-order chi connectivity index (χ0) is 12.6. The highest BCUT2D eigenvalue weighted by Crippen LogP contribution is 2.30. The maximum Gasteiger partial charge on any atom is 0.328 e. The average molecular weight is 231 g/mol. The third kappa shape index (κ3) is 1.71. The Morgan fingerprint density at radius 2 is 2.06 bits per heavy atom. The minimum Gasteiger partial charge on any atom is -0.478 e. The molecule has 0 saturated heterocycles. The molecule has 0 aromatic heterocycles. The lowest BCUT2D eigenvalue weighted by Crippen LogP contribution is -2.24. The Labute approximate surface area is 97.0 Å². The van der Waals surface area contributed by atoms with Gasteiger partial charge in [0.1, 0.15) is 0 Å². The van der Waals surface area contributed by atoms with Crippen molar-refractivity contribution in [2.75, 3.05) is 11.9 Å². The SMILES string of the molecule is CN1C(=O)C(=O)c2c(C=CC(=O)O)cccc21. The van der Waals surface area contributed by atoms with Crippen LogP contribution in [0.15, 0.2) is 24.3 Å². The largest absolute Gasteiger partial charge is 0.478 e. The number of hydrogen-bond acceptors (Lipinski definition) is 3. The molecule has 0 aliphatic carbocycles. The summed E-state index contributed by atoms with van der Waals surface area (Å²) in [6, 6.07) is 4.92. The number of likely N-dealkylation sites (N-methyl/N-ethyl adjacent to an activating group) is 1. The van der Waals surface area contributed by atoms with Crippen LogP contribution in [0.4, 0.5) is 5.69 Å². The normalized spacial score (nSPS) is 14.5. The Morgan fingerprint density at radius 1 is 1.35 bits per heavy atom. The number of nitrogens with zero attached hydrogens (tertiary/aromatic N) is 1. The fraction of sp³-hybridized carbons (Fsp3) is 0.0833. The van der Waals surface area contributed by atoms with Crippen LogP contribution in [0.1, 0.15) is 15.9 Å². The highest BCUT2D eigenvalue weighted by atomic mass is 16.4. The molecule has 86 valence electrons. The first-order valence-electron chi connectivity index (χ1n) is 4.89. The first-order chi connectivity index (χ1) is 8.02. The monoisotopic (exact) mass is 231 g/mol. The second-order valence-corrected chi connectivity index (χ2v) is 3.61. The fourth-order valence-electron chi connectivity index (χ4n) is 1.75. The van der Waals surface area contributed by atoms with Gasteiger partial charge in [0.05, 0.1) is 11.3 Å². The molecule has 1 aromatic rings. The van der Waals surface area contributed by atoms with Crippen LogP contribution < -0.4 is 4.90 Å². The number of carboxylic acid groups (broad SMARTS) is 1. The van der Waals surface area contributed by atoms with E-state index in [1.54, 1.807) is 18.2 Å².